The molecule has 0 saturated heterocycles. The molecule has 2 aromatic carbocycles. The van der Waals surface area contributed by atoms with Crippen LogP contribution in [0.5, 0.6) is 5.75 Å². The van der Waals surface area contributed by atoms with Crippen LogP contribution in [-0.4, -0.2) is 27.8 Å². The standard InChI is InChI=1S/C24H24N4O3/c1-16-13-17(2)28(27-16)20-6-4-5-19(14-20)26-23(29)11-12-24-25-15-22(31-24)18-7-9-21(30-3)10-8-18/h4-10,13-15H,11-12H2,1-3H3,(H,26,29). The minimum absolute atomic E-state index is 0.102. The quantitative estimate of drug-likeness (QED) is 0.471. The molecule has 0 spiro atoms. The Labute approximate surface area is 180 Å². The third-order valence-corrected chi connectivity index (χ3v) is 4.88. The Balaban J connectivity index is 1.36. The van der Waals surface area contributed by atoms with Crippen LogP contribution < -0.4 is 10.1 Å². The number of methoxy groups -OCH3 is 1. The van der Waals surface area contributed by atoms with Gasteiger partial charge in [0.2, 0.25) is 5.91 Å². The lowest BCUT2D eigenvalue weighted by Gasteiger charge is -2.08. The fraction of sp³-hybridized carbons (Fsp3) is 0.208. The van der Waals surface area contributed by atoms with Crippen molar-refractivity contribution in [3.63, 3.8) is 0 Å². The second-order valence-electron chi connectivity index (χ2n) is 7.28. The third kappa shape index (κ3) is 4.83. The monoisotopic (exact) mass is 416 g/mol. The fourth-order valence-electron chi connectivity index (χ4n) is 3.36. The average Bonchev–Trinajstić information content (AvgIpc) is 3.38. The molecule has 2 heterocycles. The van der Waals surface area contributed by atoms with Crippen molar-refractivity contribution >= 4 is 11.6 Å². The molecule has 0 fully saturated rings. The van der Waals surface area contributed by atoms with E-state index in [0.29, 0.717) is 18.1 Å². The topological polar surface area (TPSA) is 82.2 Å². The van der Waals surface area contributed by atoms with Gasteiger partial charge in [0.1, 0.15) is 5.75 Å². The largest absolute Gasteiger partial charge is 0.497 e. The van der Waals surface area contributed by atoms with Crippen LogP contribution in [-0.2, 0) is 11.2 Å². The van der Waals surface area contributed by atoms with Crippen molar-refractivity contribution in [1.82, 2.24) is 14.8 Å². The smallest absolute Gasteiger partial charge is 0.224 e. The molecule has 0 unspecified atom stereocenters. The summed E-state index contributed by atoms with van der Waals surface area (Å²) in [5, 5.41) is 7.43. The zero-order valence-corrected chi connectivity index (χ0v) is 17.8. The van der Waals surface area contributed by atoms with Crippen LogP contribution in [0.15, 0.2) is 65.2 Å². The van der Waals surface area contributed by atoms with Gasteiger partial charge in [-0.15, -0.1) is 0 Å². The number of benzene rings is 2. The second kappa shape index (κ2) is 8.87. The maximum atomic E-state index is 12.4. The molecule has 0 aliphatic carbocycles. The number of carbonyl (C=O) groups is 1. The Morgan fingerprint density at radius 2 is 1.94 bits per heavy atom. The summed E-state index contributed by atoms with van der Waals surface area (Å²) in [6, 6.07) is 17.2. The van der Waals surface area contributed by atoms with Gasteiger partial charge >= 0.3 is 0 Å². The minimum Gasteiger partial charge on any atom is -0.497 e. The van der Waals surface area contributed by atoms with E-state index in [0.717, 1.165) is 34.1 Å². The molecule has 0 aliphatic rings. The zero-order valence-electron chi connectivity index (χ0n) is 17.8. The van der Waals surface area contributed by atoms with Crippen molar-refractivity contribution in [2.24, 2.45) is 0 Å². The molecular weight excluding hydrogens is 392 g/mol. The van der Waals surface area contributed by atoms with Crippen LogP contribution >= 0.6 is 0 Å². The van der Waals surface area contributed by atoms with Gasteiger partial charge in [0.15, 0.2) is 11.7 Å². The lowest BCUT2D eigenvalue weighted by molar-refractivity contribution is -0.116. The average molecular weight is 416 g/mol. The van der Waals surface area contributed by atoms with Gasteiger partial charge in [0, 0.05) is 29.8 Å². The van der Waals surface area contributed by atoms with Gasteiger partial charge in [-0.3, -0.25) is 4.79 Å². The molecule has 158 valence electrons. The van der Waals surface area contributed by atoms with E-state index in [9.17, 15) is 4.79 Å². The van der Waals surface area contributed by atoms with E-state index < -0.39 is 0 Å². The number of ether oxygens (including phenoxy) is 1. The summed E-state index contributed by atoms with van der Waals surface area (Å²) in [7, 11) is 1.63. The Hall–Kier alpha value is -3.87. The predicted molar refractivity (Wildman–Crippen MR) is 118 cm³/mol. The number of anilines is 1. The van der Waals surface area contributed by atoms with Crippen molar-refractivity contribution in [3.05, 3.63) is 78.1 Å². The zero-order chi connectivity index (χ0) is 21.8. The summed E-state index contributed by atoms with van der Waals surface area (Å²) in [5.74, 6) is 1.87. The summed E-state index contributed by atoms with van der Waals surface area (Å²) < 4.78 is 12.8. The highest BCUT2D eigenvalue weighted by molar-refractivity contribution is 5.91. The molecule has 0 aliphatic heterocycles. The second-order valence-corrected chi connectivity index (χ2v) is 7.28. The molecular formula is C24H24N4O3. The molecule has 0 atom stereocenters. The maximum absolute atomic E-state index is 12.4. The maximum Gasteiger partial charge on any atom is 0.224 e. The van der Waals surface area contributed by atoms with Crippen LogP contribution in [0.1, 0.15) is 23.7 Å². The molecule has 0 radical (unpaired) electrons. The number of rotatable bonds is 7. The van der Waals surface area contributed by atoms with Gasteiger partial charge < -0.3 is 14.5 Å². The van der Waals surface area contributed by atoms with Crippen molar-refractivity contribution in [2.75, 3.05) is 12.4 Å². The number of aromatic nitrogens is 3. The lowest BCUT2D eigenvalue weighted by atomic mass is 10.2. The van der Waals surface area contributed by atoms with E-state index in [1.807, 2.05) is 73.1 Å². The minimum atomic E-state index is -0.102. The third-order valence-electron chi connectivity index (χ3n) is 4.88. The first-order valence-electron chi connectivity index (χ1n) is 10.0. The predicted octanol–water partition coefficient (Wildman–Crippen LogP) is 4.72. The van der Waals surface area contributed by atoms with Gasteiger partial charge in [-0.2, -0.15) is 5.10 Å². The molecule has 2 aromatic heterocycles. The number of carbonyl (C=O) groups excluding carboxylic acids is 1. The summed E-state index contributed by atoms with van der Waals surface area (Å²) in [6.45, 7) is 3.96. The number of aryl methyl sites for hydroxylation is 3. The molecule has 1 N–H and O–H groups in total. The summed E-state index contributed by atoms with van der Waals surface area (Å²) in [6.07, 6.45) is 2.36. The summed E-state index contributed by atoms with van der Waals surface area (Å²) in [4.78, 5) is 16.7. The number of hydrogen-bond donors (Lipinski definition) is 1. The molecule has 0 saturated carbocycles. The molecule has 31 heavy (non-hydrogen) atoms. The van der Waals surface area contributed by atoms with Crippen LogP contribution in [0.25, 0.3) is 17.0 Å². The van der Waals surface area contributed by atoms with Crippen LogP contribution in [0.3, 0.4) is 0 Å². The SMILES string of the molecule is COc1ccc(-c2cnc(CCC(=O)Nc3cccc(-n4nc(C)cc4C)c3)o2)cc1. The molecule has 7 nitrogen and oxygen atoms in total. The van der Waals surface area contributed by atoms with Gasteiger partial charge in [-0.05, 0) is 62.4 Å². The van der Waals surface area contributed by atoms with Gasteiger partial charge in [0.25, 0.3) is 0 Å². The highest BCUT2D eigenvalue weighted by Crippen LogP contribution is 2.23. The number of nitrogens with zero attached hydrogens (tertiary/aromatic N) is 3. The number of nitrogens with one attached hydrogen (secondary N) is 1. The molecule has 4 rings (SSSR count). The number of oxazole rings is 1. The number of hydrogen-bond acceptors (Lipinski definition) is 5. The first-order chi connectivity index (χ1) is 15.0. The molecule has 1 amide bonds. The summed E-state index contributed by atoms with van der Waals surface area (Å²) in [5.41, 5.74) is 4.52. The van der Waals surface area contributed by atoms with Crippen molar-refractivity contribution in [3.8, 4) is 22.8 Å². The Kier molecular flexibility index (Phi) is 5.84. The van der Waals surface area contributed by atoms with Crippen LogP contribution in [0.2, 0.25) is 0 Å². The van der Waals surface area contributed by atoms with E-state index >= 15 is 0 Å². The van der Waals surface area contributed by atoms with E-state index in [4.69, 9.17) is 9.15 Å². The van der Waals surface area contributed by atoms with Crippen LogP contribution in [0, 0.1) is 13.8 Å². The Bertz CT molecular complexity index is 1190. The van der Waals surface area contributed by atoms with Crippen LogP contribution in [0.4, 0.5) is 5.69 Å². The van der Waals surface area contributed by atoms with Crippen molar-refractivity contribution < 1.29 is 13.9 Å². The van der Waals surface area contributed by atoms with Gasteiger partial charge in [0.05, 0.1) is 24.7 Å². The lowest BCUT2D eigenvalue weighted by Crippen LogP contribution is -2.12. The van der Waals surface area contributed by atoms with Crippen molar-refractivity contribution in [2.45, 2.75) is 26.7 Å². The van der Waals surface area contributed by atoms with Crippen molar-refractivity contribution in [1.29, 1.82) is 0 Å². The first kappa shape index (κ1) is 20.4. The van der Waals surface area contributed by atoms with Gasteiger partial charge in [-0.25, -0.2) is 9.67 Å². The van der Waals surface area contributed by atoms with Gasteiger partial charge in [-0.1, -0.05) is 6.07 Å². The highest BCUT2D eigenvalue weighted by atomic mass is 16.5. The Morgan fingerprint density at radius 1 is 1.13 bits per heavy atom. The van der Waals surface area contributed by atoms with E-state index in [1.165, 1.54) is 0 Å². The molecule has 0 bridgehead atoms. The van der Waals surface area contributed by atoms with E-state index in [2.05, 4.69) is 15.4 Å². The fourth-order valence-corrected chi connectivity index (χ4v) is 3.36. The molecule has 4 aromatic rings. The Morgan fingerprint density at radius 3 is 2.65 bits per heavy atom. The van der Waals surface area contributed by atoms with E-state index in [-0.39, 0.29) is 12.3 Å². The number of amides is 1. The first-order valence-corrected chi connectivity index (χ1v) is 10.0. The molecule has 7 heteroatoms. The summed E-state index contributed by atoms with van der Waals surface area (Å²) >= 11 is 0. The van der Waals surface area contributed by atoms with E-state index in [1.54, 1.807) is 13.3 Å². The highest BCUT2D eigenvalue weighted by Gasteiger charge is 2.11. The normalized spacial score (nSPS) is 10.8.